The third-order valence-corrected chi connectivity index (χ3v) is 2.77. The van der Waals surface area contributed by atoms with E-state index >= 15 is 0 Å². The van der Waals surface area contributed by atoms with E-state index in [2.05, 4.69) is 9.97 Å². The molecule has 0 amide bonds. The molecule has 0 unspecified atom stereocenters. The highest BCUT2D eigenvalue weighted by Crippen LogP contribution is 2.00. The van der Waals surface area contributed by atoms with E-state index in [-0.39, 0.29) is 7.12 Å². The van der Waals surface area contributed by atoms with Crippen LogP contribution in [0, 0.1) is 0 Å². The van der Waals surface area contributed by atoms with Crippen molar-refractivity contribution in [3.8, 4) is 0 Å². The van der Waals surface area contributed by atoms with E-state index in [0.717, 1.165) is 25.1 Å². The van der Waals surface area contributed by atoms with Gasteiger partial charge in [-0.3, -0.25) is 9.97 Å². The molecule has 3 rings (SSSR count). The van der Waals surface area contributed by atoms with Crippen LogP contribution in [-0.4, -0.2) is 47.5 Å². The summed E-state index contributed by atoms with van der Waals surface area (Å²) in [5, 5.41) is 17.1. The van der Waals surface area contributed by atoms with Gasteiger partial charge in [-0.25, -0.2) is 0 Å². The topological polar surface area (TPSA) is 84.7 Å². The second-order valence-corrected chi connectivity index (χ2v) is 4.37. The quantitative estimate of drug-likeness (QED) is 0.687. The maximum Gasteiger partial charge on any atom is 0.495 e. The van der Waals surface area contributed by atoms with E-state index in [0.29, 0.717) is 5.46 Å². The third-order valence-electron chi connectivity index (χ3n) is 2.77. The molecule has 0 radical (unpaired) electrons. The zero-order valence-electron chi connectivity index (χ0n) is 11.5. The van der Waals surface area contributed by atoms with Crippen LogP contribution in [0.4, 0.5) is 0 Å². The molecule has 108 valence electrons. The second kappa shape index (κ2) is 8.53. The summed E-state index contributed by atoms with van der Waals surface area (Å²) in [5.41, 5.74) is 1.41. The van der Waals surface area contributed by atoms with E-state index < -0.39 is 7.12 Å². The lowest BCUT2D eigenvalue weighted by Crippen LogP contribution is -2.40. The van der Waals surface area contributed by atoms with E-state index in [1.165, 1.54) is 6.20 Å². The Balaban J connectivity index is 0.000000161. The SMILES string of the molecule is OB(O)c1cccnc1.c1cncc(B2OCCCO2)c1. The first-order valence-corrected chi connectivity index (χ1v) is 6.66. The summed E-state index contributed by atoms with van der Waals surface area (Å²) in [7, 11) is -1.61. The van der Waals surface area contributed by atoms with Crippen molar-refractivity contribution >= 4 is 25.2 Å². The molecule has 1 aliphatic rings. The number of nitrogens with zero attached hydrogens (tertiary/aromatic N) is 2. The number of pyridine rings is 2. The number of aromatic nitrogens is 2. The van der Waals surface area contributed by atoms with Crippen molar-refractivity contribution in [3.05, 3.63) is 49.1 Å². The largest absolute Gasteiger partial charge is 0.495 e. The van der Waals surface area contributed by atoms with Gasteiger partial charge in [0.2, 0.25) is 0 Å². The molecular formula is C13H16B2N2O4. The Morgan fingerprint density at radius 2 is 1.67 bits per heavy atom. The van der Waals surface area contributed by atoms with Crippen molar-refractivity contribution in [3.63, 3.8) is 0 Å². The van der Waals surface area contributed by atoms with Crippen LogP contribution in [0.5, 0.6) is 0 Å². The molecule has 2 aromatic rings. The molecule has 1 fully saturated rings. The number of hydrogen-bond donors (Lipinski definition) is 2. The highest BCUT2D eigenvalue weighted by atomic mass is 16.6. The molecule has 6 nitrogen and oxygen atoms in total. The molecule has 0 bridgehead atoms. The van der Waals surface area contributed by atoms with Gasteiger partial charge >= 0.3 is 14.2 Å². The van der Waals surface area contributed by atoms with Gasteiger partial charge in [-0.15, -0.1) is 0 Å². The Labute approximate surface area is 124 Å². The van der Waals surface area contributed by atoms with Gasteiger partial charge in [0.25, 0.3) is 0 Å². The van der Waals surface area contributed by atoms with E-state index in [9.17, 15) is 0 Å². The highest BCUT2D eigenvalue weighted by Gasteiger charge is 2.23. The molecule has 0 aromatic carbocycles. The number of hydrogen-bond acceptors (Lipinski definition) is 6. The Hall–Kier alpha value is -1.73. The van der Waals surface area contributed by atoms with E-state index in [4.69, 9.17) is 19.4 Å². The summed E-state index contributed by atoms with van der Waals surface area (Å²) in [4.78, 5) is 7.69. The van der Waals surface area contributed by atoms with Crippen LogP contribution in [0.15, 0.2) is 49.1 Å². The monoisotopic (exact) mass is 286 g/mol. The van der Waals surface area contributed by atoms with Gasteiger partial charge in [0.15, 0.2) is 0 Å². The minimum atomic E-state index is -1.40. The first kappa shape index (κ1) is 15.7. The molecule has 8 heteroatoms. The number of rotatable bonds is 2. The van der Waals surface area contributed by atoms with E-state index in [1.807, 2.05) is 12.1 Å². The van der Waals surface area contributed by atoms with Gasteiger partial charge < -0.3 is 19.4 Å². The lowest BCUT2D eigenvalue weighted by molar-refractivity contribution is 0.143. The van der Waals surface area contributed by atoms with Crippen LogP contribution < -0.4 is 10.9 Å². The normalized spacial score (nSPS) is 14.1. The Morgan fingerprint density at radius 1 is 1.00 bits per heavy atom. The van der Waals surface area contributed by atoms with Crippen LogP contribution in [-0.2, 0) is 9.31 Å². The molecular weight excluding hydrogens is 270 g/mol. The van der Waals surface area contributed by atoms with Crippen LogP contribution in [0.25, 0.3) is 0 Å². The van der Waals surface area contributed by atoms with Crippen LogP contribution in [0.1, 0.15) is 6.42 Å². The molecule has 2 N–H and O–H groups in total. The van der Waals surface area contributed by atoms with Crippen molar-refractivity contribution in [1.29, 1.82) is 0 Å². The minimum Gasteiger partial charge on any atom is -0.423 e. The van der Waals surface area contributed by atoms with Gasteiger partial charge in [-0.2, -0.15) is 0 Å². The second-order valence-electron chi connectivity index (χ2n) is 4.37. The van der Waals surface area contributed by atoms with Gasteiger partial charge in [0, 0.05) is 48.9 Å². The predicted octanol–water partition coefficient (Wildman–Crippen LogP) is -1.02. The standard InChI is InChI=1S/C8H10BNO2.C5H6BNO2/c1-3-8(7-10-4-1)9-11-5-2-6-12-9;8-6(9)5-2-1-3-7-4-5/h1,3-4,7H,2,5-6H2;1-4,8-9H. The average Bonchev–Trinajstić information content (AvgIpc) is 2.58. The molecule has 2 aromatic heterocycles. The fourth-order valence-electron chi connectivity index (χ4n) is 1.72. The first-order chi connectivity index (χ1) is 10.3. The summed E-state index contributed by atoms with van der Waals surface area (Å²) in [6, 6.07) is 7.09. The zero-order valence-corrected chi connectivity index (χ0v) is 11.5. The summed E-state index contributed by atoms with van der Waals surface area (Å²) in [6.45, 7) is 1.55. The maximum atomic E-state index is 8.54. The Morgan fingerprint density at radius 3 is 2.14 bits per heavy atom. The van der Waals surface area contributed by atoms with Crippen LogP contribution >= 0.6 is 0 Å². The molecule has 1 aliphatic heterocycles. The van der Waals surface area contributed by atoms with Crippen molar-refractivity contribution in [2.24, 2.45) is 0 Å². The summed E-state index contributed by atoms with van der Waals surface area (Å²) < 4.78 is 10.8. The molecule has 21 heavy (non-hydrogen) atoms. The minimum absolute atomic E-state index is 0.201. The van der Waals surface area contributed by atoms with E-state index in [1.54, 1.807) is 30.7 Å². The zero-order chi connectivity index (χ0) is 14.9. The van der Waals surface area contributed by atoms with Gasteiger partial charge in [0.05, 0.1) is 0 Å². The fraction of sp³-hybridized carbons (Fsp3) is 0.231. The van der Waals surface area contributed by atoms with Crippen molar-refractivity contribution < 1.29 is 19.4 Å². The maximum absolute atomic E-state index is 8.54. The summed E-state index contributed by atoms with van der Waals surface area (Å²) >= 11 is 0. The average molecular weight is 286 g/mol. The van der Waals surface area contributed by atoms with Gasteiger partial charge in [-0.1, -0.05) is 12.1 Å². The fourth-order valence-corrected chi connectivity index (χ4v) is 1.72. The van der Waals surface area contributed by atoms with Crippen molar-refractivity contribution in [2.45, 2.75) is 6.42 Å². The first-order valence-electron chi connectivity index (χ1n) is 6.66. The lowest BCUT2D eigenvalue weighted by atomic mass is 9.79. The van der Waals surface area contributed by atoms with Crippen molar-refractivity contribution in [2.75, 3.05) is 13.2 Å². The summed E-state index contributed by atoms with van der Waals surface area (Å²) in [5.74, 6) is 0. The van der Waals surface area contributed by atoms with Crippen molar-refractivity contribution in [1.82, 2.24) is 9.97 Å². The predicted molar refractivity (Wildman–Crippen MR) is 80.2 cm³/mol. The van der Waals surface area contributed by atoms with Crippen LogP contribution in [0.2, 0.25) is 0 Å². The van der Waals surface area contributed by atoms with Gasteiger partial charge in [0.1, 0.15) is 0 Å². The lowest BCUT2D eigenvalue weighted by Gasteiger charge is -2.19. The highest BCUT2D eigenvalue weighted by molar-refractivity contribution is 6.61. The third kappa shape index (κ3) is 5.28. The molecule has 1 saturated heterocycles. The molecule has 0 atom stereocenters. The summed E-state index contributed by atoms with van der Waals surface area (Å²) in [6.07, 6.45) is 7.48. The Kier molecular flexibility index (Phi) is 6.36. The molecule has 0 spiro atoms. The molecule has 0 aliphatic carbocycles. The smallest absolute Gasteiger partial charge is 0.423 e. The van der Waals surface area contributed by atoms with Crippen LogP contribution in [0.3, 0.4) is 0 Å². The van der Waals surface area contributed by atoms with Gasteiger partial charge in [-0.05, 0) is 18.6 Å². The molecule has 3 heterocycles. The molecule has 0 saturated carbocycles. The Bertz CT molecular complexity index is 510.